The molecule has 1 unspecified atom stereocenters. The van der Waals surface area contributed by atoms with Gasteiger partial charge in [0, 0.05) is 45.6 Å². The van der Waals surface area contributed by atoms with Crippen LogP contribution in [0.2, 0.25) is 10.0 Å². The number of piperidine rings is 1. The number of rotatable bonds is 4. The van der Waals surface area contributed by atoms with Crippen LogP contribution in [0.1, 0.15) is 55.7 Å². The van der Waals surface area contributed by atoms with Gasteiger partial charge in [0.05, 0.1) is 12.1 Å². The molecular weight excluding hydrogens is 559 g/mol. The molecule has 2 aliphatic heterocycles. The van der Waals surface area contributed by atoms with Gasteiger partial charge in [-0.1, -0.05) is 53.0 Å². The Morgan fingerprint density at radius 2 is 1.67 bits per heavy atom. The van der Waals surface area contributed by atoms with E-state index in [4.69, 9.17) is 39.5 Å². The Kier molecular flexibility index (Phi) is 6.98. The first-order valence-electron chi connectivity index (χ1n) is 13.2. The van der Waals surface area contributed by atoms with Crippen LogP contribution in [0.15, 0.2) is 59.7 Å². The molecule has 2 fully saturated rings. The summed E-state index contributed by atoms with van der Waals surface area (Å²) in [6, 6.07) is 9.90. The number of anilines is 1. The van der Waals surface area contributed by atoms with Crippen LogP contribution in [0.4, 0.5) is 5.69 Å². The number of Topliss-reactive ketones (excluding diaryl/α,β-unsaturated/α-hetero) is 1. The van der Waals surface area contributed by atoms with E-state index in [1.54, 1.807) is 30.3 Å². The Hall–Kier alpha value is -2.80. The fourth-order valence-corrected chi connectivity index (χ4v) is 7.31. The highest BCUT2D eigenvalue weighted by molar-refractivity contribution is 6.31. The molecule has 39 heavy (non-hydrogen) atoms. The summed E-state index contributed by atoms with van der Waals surface area (Å²) in [5.74, 6) is -0.176. The lowest BCUT2D eigenvalue weighted by Gasteiger charge is -2.49. The third kappa shape index (κ3) is 4.66. The molecule has 4 atom stereocenters. The van der Waals surface area contributed by atoms with Gasteiger partial charge >= 0.3 is 0 Å². The molecule has 2 aliphatic carbocycles. The largest absolute Gasteiger partial charge is 0.490 e. The molecule has 6 nitrogen and oxygen atoms in total. The first-order valence-corrected chi connectivity index (χ1v) is 14.3. The van der Waals surface area contributed by atoms with Gasteiger partial charge in [0.2, 0.25) is 11.8 Å². The van der Waals surface area contributed by atoms with Crippen LogP contribution in [0.3, 0.4) is 0 Å². The third-order valence-electron chi connectivity index (χ3n) is 8.45. The van der Waals surface area contributed by atoms with Gasteiger partial charge < -0.3 is 15.4 Å². The average Bonchev–Trinajstić information content (AvgIpc) is 3.18. The summed E-state index contributed by atoms with van der Waals surface area (Å²) in [6.45, 7) is 0. The molecule has 202 valence electrons. The van der Waals surface area contributed by atoms with Crippen LogP contribution in [0.5, 0.6) is 5.75 Å². The predicted molar refractivity (Wildman–Crippen MR) is 151 cm³/mol. The van der Waals surface area contributed by atoms with Crippen LogP contribution in [-0.2, 0) is 19.8 Å². The minimum absolute atomic E-state index is 0.145. The number of carbonyl (C=O) groups is 3. The number of amides is 2. The summed E-state index contributed by atoms with van der Waals surface area (Å²) in [5, 5.41) is 7.84. The number of nitrogens with one attached hydrogen (secondary N) is 2. The van der Waals surface area contributed by atoms with Crippen molar-refractivity contribution in [1.82, 2.24) is 5.32 Å². The molecule has 2 aromatic rings. The summed E-state index contributed by atoms with van der Waals surface area (Å²) >= 11 is 19.3. The zero-order valence-corrected chi connectivity index (χ0v) is 23.3. The van der Waals surface area contributed by atoms with Crippen molar-refractivity contribution in [2.75, 3.05) is 5.32 Å². The summed E-state index contributed by atoms with van der Waals surface area (Å²) in [7, 11) is 0. The molecular formula is C30H27Cl3N2O4. The maximum atomic E-state index is 14.3. The van der Waals surface area contributed by atoms with Gasteiger partial charge in [0.15, 0.2) is 0 Å². The van der Waals surface area contributed by atoms with Gasteiger partial charge in [-0.2, -0.15) is 0 Å². The minimum atomic E-state index is -1.18. The highest BCUT2D eigenvalue weighted by atomic mass is 35.5. The number of hydrogen-bond donors (Lipinski definition) is 2. The first kappa shape index (κ1) is 26.4. The maximum Gasteiger partial charge on any atom is 0.237 e. The Balaban J connectivity index is 1.52. The summed E-state index contributed by atoms with van der Waals surface area (Å²) in [4.78, 5) is 39.5. The topological polar surface area (TPSA) is 84.5 Å². The van der Waals surface area contributed by atoms with Gasteiger partial charge in [0.1, 0.15) is 16.9 Å². The van der Waals surface area contributed by atoms with Crippen molar-refractivity contribution in [3.8, 4) is 5.75 Å². The lowest BCUT2D eigenvalue weighted by Crippen LogP contribution is -2.59. The molecule has 2 N–H and O–H groups in total. The zero-order chi connectivity index (χ0) is 27.3. The van der Waals surface area contributed by atoms with Crippen LogP contribution < -0.4 is 15.4 Å². The standard InChI is InChI=1S/C30H27Cl3N2O4/c31-17-3-1-2-16(12-17)24-15-27(37)35-28(30(24)23-10-4-19(33)14-25(23)34-29(30)38)22-13-18(32)5-11-26(22)39-21-8-6-20(36)7-9-21/h1-5,10-11,13-14,16,21,24,28H,6-9,12,15H2,(H,34,38)(H,35,37)/t16?,24-,28-,30-/m0/s1. The number of ether oxygens (including phenoxy) is 1. The van der Waals surface area contributed by atoms with E-state index in [0.717, 1.165) is 5.56 Å². The molecule has 2 aromatic carbocycles. The fourth-order valence-electron chi connectivity index (χ4n) is 6.71. The molecule has 2 heterocycles. The van der Waals surface area contributed by atoms with E-state index in [0.29, 0.717) is 64.2 Å². The Bertz CT molecular complexity index is 1430. The van der Waals surface area contributed by atoms with Crippen molar-refractivity contribution in [3.63, 3.8) is 0 Å². The quantitative estimate of drug-likeness (QED) is 0.421. The average molecular weight is 586 g/mol. The van der Waals surface area contributed by atoms with E-state index in [-0.39, 0.29) is 36.0 Å². The van der Waals surface area contributed by atoms with Crippen molar-refractivity contribution in [3.05, 3.63) is 80.8 Å². The normalized spacial score (nSPS) is 28.6. The fraction of sp³-hybridized carbons (Fsp3) is 0.367. The molecule has 4 aliphatic rings. The van der Waals surface area contributed by atoms with E-state index < -0.39 is 17.4 Å². The Labute approximate surface area is 241 Å². The van der Waals surface area contributed by atoms with Gasteiger partial charge in [-0.25, -0.2) is 0 Å². The summed E-state index contributed by atoms with van der Waals surface area (Å²) in [5.41, 5.74) is 0.829. The molecule has 1 spiro atoms. The van der Waals surface area contributed by atoms with Crippen molar-refractivity contribution in [2.45, 2.75) is 56.1 Å². The second kappa shape index (κ2) is 10.3. The number of hydrogen-bond acceptors (Lipinski definition) is 4. The SMILES string of the molecule is O=C1CCC(Oc2ccc(Cl)cc2[C@@H]2NC(=O)C[C@@H](C3C=CC=C(Cl)C3)[C@]23C(=O)Nc2cc(Cl)ccc23)CC1. The van der Waals surface area contributed by atoms with Gasteiger partial charge in [-0.05, 0) is 73.1 Å². The highest BCUT2D eigenvalue weighted by Crippen LogP contribution is 2.58. The highest BCUT2D eigenvalue weighted by Gasteiger charge is 2.62. The number of benzene rings is 2. The molecule has 0 aromatic heterocycles. The van der Waals surface area contributed by atoms with Crippen molar-refractivity contribution < 1.29 is 19.1 Å². The van der Waals surface area contributed by atoms with Crippen LogP contribution in [0.25, 0.3) is 0 Å². The second-order valence-electron chi connectivity index (χ2n) is 10.7. The van der Waals surface area contributed by atoms with E-state index in [2.05, 4.69) is 10.6 Å². The van der Waals surface area contributed by atoms with E-state index in [1.165, 1.54) is 0 Å². The van der Waals surface area contributed by atoms with Gasteiger partial charge in [-0.15, -0.1) is 0 Å². The second-order valence-corrected chi connectivity index (χ2v) is 12.1. The Morgan fingerprint density at radius 3 is 2.44 bits per heavy atom. The summed E-state index contributed by atoms with van der Waals surface area (Å²) in [6.07, 6.45) is 8.45. The lowest BCUT2D eigenvalue weighted by atomic mass is 9.57. The van der Waals surface area contributed by atoms with Crippen molar-refractivity contribution in [2.24, 2.45) is 11.8 Å². The van der Waals surface area contributed by atoms with Gasteiger partial charge in [-0.3, -0.25) is 14.4 Å². The molecule has 1 saturated heterocycles. The third-order valence-corrected chi connectivity index (χ3v) is 9.20. The molecule has 1 saturated carbocycles. The summed E-state index contributed by atoms with van der Waals surface area (Å²) < 4.78 is 6.46. The number of carbonyl (C=O) groups excluding carboxylic acids is 3. The monoisotopic (exact) mass is 584 g/mol. The number of allylic oxidation sites excluding steroid dienone is 4. The smallest absolute Gasteiger partial charge is 0.237 e. The van der Waals surface area contributed by atoms with Gasteiger partial charge in [0.25, 0.3) is 0 Å². The number of fused-ring (bicyclic) bond motifs is 2. The Morgan fingerprint density at radius 1 is 0.923 bits per heavy atom. The zero-order valence-electron chi connectivity index (χ0n) is 21.0. The number of ketones is 1. The minimum Gasteiger partial charge on any atom is -0.490 e. The molecule has 6 rings (SSSR count). The first-order chi connectivity index (χ1) is 18.8. The van der Waals surface area contributed by atoms with Crippen molar-refractivity contribution in [1.29, 1.82) is 0 Å². The molecule has 0 bridgehead atoms. The predicted octanol–water partition coefficient (Wildman–Crippen LogP) is 6.65. The lowest BCUT2D eigenvalue weighted by molar-refractivity contribution is -0.135. The van der Waals surface area contributed by atoms with Crippen LogP contribution >= 0.6 is 34.8 Å². The van der Waals surface area contributed by atoms with E-state index >= 15 is 0 Å². The molecule has 0 radical (unpaired) electrons. The van der Waals surface area contributed by atoms with E-state index in [1.807, 2.05) is 24.3 Å². The maximum absolute atomic E-state index is 14.3. The van der Waals surface area contributed by atoms with Crippen molar-refractivity contribution >= 4 is 58.1 Å². The molecule has 9 heteroatoms. The molecule has 2 amide bonds. The van der Waals surface area contributed by atoms with Crippen LogP contribution in [-0.4, -0.2) is 23.7 Å². The van der Waals surface area contributed by atoms with E-state index in [9.17, 15) is 14.4 Å². The number of halogens is 3. The van der Waals surface area contributed by atoms with Crippen LogP contribution in [0, 0.1) is 11.8 Å².